The van der Waals surface area contributed by atoms with Crippen LogP contribution in [0.1, 0.15) is 21.1 Å². The maximum absolute atomic E-state index is 12.2. The molecule has 0 aromatic carbocycles. The highest BCUT2D eigenvalue weighted by Crippen LogP contribution is 2.26. The Morgan fingerprint density at radius 3 is 2.60 bits per heavy atom. The van der Waals surface area contributed by atoms with Crippen molar-refractivity contribution < 1.29 is 12.8 Å². The van der Waals surface area contributed by atoms with Crippen LogP contribution in [-0.4, -0.2) is 8.42 Å². The van der Waals surface area contributed by atoms with Crippen LogP contribution in [0.25, 0.3) is 0 Å². The van der Waals surface area contributed by atoms with Gasteiger partial charge in [0.15, 0.2) is 4.67 Å². The van der Waals surface area contributed by atoms with E-state index in [4.69, 9.17) is 10.2 Å². The van der Waals surface area contributed by atoms with Crippen LogP contribution in [0.5, 0.6) is 0 Å². The molecule has 0 fully saturated rings. The Morgan fingerprint density at radius 1 is 1.40 bits per heavy atom. The van der Waals surface area contributed by atoms with Gasteiger partial charge in [0.1, 0.15) is 10.7 Å². The zero-order chi connectivity index (χ0) is 14.9. The molecule has 0 saturated heterocycles. The number of hydrogen-bond donors (Lipinski definition) is 2. The molecule has 2 heterocycles. The lowest BCUT2D eigenvalue weighted by Crippen LogP contribution is -2.22. The highest BCUT2D eigenvalue weighted by atomic mass is 79.9. The third-order valence-electron chi connectivity index (χ3n) is 2.85. The Hall–Kier alpha value is -0.670. The van der Waals surface area contributed by atoms with E-state index in [2.05, 4.69) is 20.7 Å². The monoisotopic (exact) mass is 378 g/mol. The number of furan rings is 1. The maximum atomic E-state index is 12.2. The summed E-state index contributed by atoms with van der Waals surface area (Å²) in [4.78, 5) is 2.24. The summed E-state index contributed by atoms with van der Waals surface area (Å²) in [5.41, 5.74) is 6.60. The lowest BCUT2D eigenvalue weighted by atomic mass is 10.3. The molecule has 0 bridgehead atoms. The van der Waals surface area contributed by atoms with Gasteiger partial charge in [-0.1, -0.05) is 0 Å². The zero-order valence-corrected chi connectivity index (χ0v) is 14.3. The van der Waals surface area contributed by atoms with Crippen LogP contribution in [-0.2, 0) is 23.1 Å². The largest absolute Gasteiger partial charge is 0.452 e. The number of nitrogens with one attached hydrogen (secondary N) is 1. The summed E-state index contributed by atoms with van der Waals surface area (Å²) in [6.07, 6.45) is 0. The van der Waals surface area contributed by atoms with E-state index >= 15 is 0 Å². The van der Waals surface area contributed by atoms with E-state index < -0.39 is 10.0 Å². The van der Waals surface area contributed by atoms with E-state index in [1.165, 1.54) is 16.5 Å². The number of halogens is 1. The van der Waals surface area contributed by atoms with E-state index in [1.807, 2.05) is 19.9 Å². The first-order valence-electron chi connectivity index (χ1n) is 5.87. The Morgan fingerprint density at radius 2 is 2.10 bits per heavy atom. The summed E-state index contributed by atoms with van der Waals surface area (Å²) in [6.45, 7) is 4.43. The van der Waals surface area contributed by atoms with Crippen LogP contribution < -0.4 is 10.5 Å². The summed E-state index contributed by atoms with van der Waals surface area (Å²) in [5, 5.41) is 0. The molecule has 3 N–H and O–H groups in total. The second-order valence-corrected chi connectivity index (χ2v) is 8.13. The molecular weight excluding hydrogens is 364 g/mol. The molecule has 8 heteroatoms. The lowest BCUT2D eigenvalue weighted by Gasteiger charge is -2.03. The molecule has 0 radical (unpaired) electrons. The normalized spacial score (nSPS) is 12.0. The van der Waals surface area contributed by atoms with Gasteiger partial charge in [-0.25, -0.2) is 13.1 Å². The SMILES string of the molecule is Cc1cc(CNS(=O)(=O)c2cc(CN)oc2Br)sc1C. The fraction of sp³-hybridized carbons (Fsp3) is 0.333. The van der Waals surface area contributed by atoms with Crippen LogP contribution in [0.4, 0.5) is 0 Å². The quantitative estimate of drug-likeness (QED) is 0.837. The molecule has 0 aliphatic carbocycles. The van der Waals surface area contributed by atoms with Gasteiger partial charge in [0.2, 0.25) is 10.0 Å². The molecule has 0 aliphatic rings. The predicted octanol–water partition coefficient (Wildman–Crippen LogP) is 2.66. The molecule has 20 heavy (non-hydrogen) atoms. The van der Waals surface area contributed by atoms with Gasteiger partial charge in [-0.2, -0.15) is 0 Å². The number of sulfonamides is 1. The Kier molecular flexibility index (Phi) is 4.70. The zero-order valence-electron chi connectivity index (χ0n) is 11.1. The van der Waals surface area contributed by atoms with Crippen molar-refractivity contribution in [3.05, 3.63) is 37.9 Å². The van der Waals surface area contributed by atoms with Crippen molar-refractivity contribution in [2.45, 2.75) is 31.8 Å². The Labute approximate surface area is 130 Å². The first-order chi connectivity index (χ1) is 9.33. The van der Waals surface area contributed by atoms with Gasteiger partial charge in [0.25, 0.3) is 0 Å². The molecular formula is C12H15BrN2O3S2. The van der Waals surface area contributed by atoms with Crippen LogP contribution in [0.3, 0.4) is 0 Å². The lowest BCUT2D eigenvalue weighted by molar-refractivity contribution is 0.483. The van der Waals surface area contributed by atoms with Crippen molar-refractivity contribution in [1.29, 1.82) is 0 Å². The first kappa shape index (κ1) is 15.7. The molecule has 0 amide bonds. The highest BCUT2D eigenvalue weighted by Gasteiger charge is 2.22. The van der Waals surface area contributed by atoms with Crippen molar-refractivity contribution in [3.63, 3.8) is 0 Å². The molecule has 110 valence electrons. The number of rotatable bonds is 5. The predicted molar refractivity (Wildman–Crippen MR) is 82.1 cm³/mol. The standard InChI is InChI=1S/C12H15BrN2O3S2/c1-7-3-10(19-8(7)2)6-15-20(16,17)11-4-9(5-14)18-12(11)13/h3-4,15H,5-6,14H2,1-2H3. The highest BCUT2D eigenvalue weighted by molar-refractivity contribution is 9.10. The minimum atomic E-state index is -3.62. The molecule has 2 rings (SSSR count). The fourth-order valence-electron chi connectivity index (χ4n) is 1.66. The maximum Gasteiger partial charge on any atom is 0.245 e. The van der Waals surface area contributed by atoms with Gasteiger partial charge in [-0.05, 0) is 41.4 Å². The van der Waals surface area contributed by atoms with E-state index in [9.17, 15) is 8.42 Å². The van der Waals surface area contributed by atoms with Crippen molar-refractivity contribution in [2.75, 3.05) is 0 Å². The van der Waals surface area contributed by atoms with Crippen LogP contribution in [0, 0.1) is 13.8 Å². The summed E-state index contributed by atoms with van der Waals surface area (Å²) < 4.78 is 32.4. The molecule has 5 nitrogen and oxygen atoms in total. The fourth-order valence-corrected chi connectivity index (χ4v) is 4.75. The van der Waals surface area contributed by atoms with Crippen molar-refractivity contribution in [3.8, 4) is 0 Å². The van der Waals surface area contributed by atoms with E-state index in [1.54, 1.807) is 11.3 Å². The number of nitrogens with two attached hydrogens (primary N) is 1. The molecule has 0 aliphatic heterocycles. The van der Waals surface area contributed by atoms with Crippen LogP contribution in [0.2, 0.25) is 0 Å². The average Bonchev–Trinajstić information content (AvgIpc) is 2.91. The number of thiophene rings is 1. The second-order valence-electron chi connectivity index (χ2n) is 4.33. The minimum Gasteiger partial charge on any atom is -0.452 e. The van der Waals surface area contributed by atoms with Crippen molar-refractivity contribution >= 4 is 37.3 Å². The molecule has 0 spiro atoms. The van der Waals surface area contributed by atoms with Crippen molar-refractivity contribution in [1.82, 2.24) is 4.72 Å². The van der Waals surface area contributed by atoms with Gasteiger partial charge in [-0.15, -0.1) is 11.3 Å². The van der Waals surface area contributed by atoms with Gasteiger partial charge in [0, 0.05) is 22.4 Å². The summed E-state index contributed by atoms with van der Waals surface area (Å²) in [7, 11) is -3.62. The van der Waals surface area contributed by atoms with Crippen LogP contribution >= 0.6 is 27.3 Å². The van der Waals surface area contributed by atoms with E-state index in [-0.39, 0.29) is 22.7 Å². The van der Waals surface area contributed by atoms with Crippen molar-refractivity contribution in [2.24, 2.45) is 5.73 Å². The van der Waals surface area contributed by atoms with E-state index in [0.29, 0.717) is 5.76 Å². The van der Waals surface area contributed by atoms with Gasteiger partial charge in [0.05, 0.1) is 6.54 Å². The number of aryl methyl sites for hydroxylation is 2. The van der Waals surface area contributed by atoms with Crippen LogP contribution in [0.15, 0.2) is 26.1 Å². The summed E-state index contributed by atoms with van der Waals surface area (Å²) in [6, 6.07) is 3.41. The summed E-state index contributed by atoms with van der Waals surface area (Å²) in [5.74, 6) is 0.417. The van der Waals surface area contributed by atoms with Gasteiger partial charge in [-0.3, -0.25) is 0 Å². The summed E-state index contributed by atoms with van der Waals surface area (Å²) >= 11 is 4.68. The third kappa shape index (κ3) is 3.32. The van der Waals surface area contributed by atoms with Gasteiger partial charge >= 0.3 is 0 Å². The Balaban J connectivity index is 2.16. The topological polar surface area (TPSA) is 85.3 Å². The average molecular weight is 379 g/mol. The Bertz CT molecular complexity index is 700. The molecule has 2 aromatic rings. The minimum absolute atomic E-state index is 0.0722. The third-order valence-corrected chi connectivity index (χ3v) is 6.26. The first-order valence-corrected chi connectivity index (χ1v) is 8.96. The molecule has 2 aromatic heterocycles. The van der Waals surface area contributed by atoms with Gasteiger partial charge < -0.3 is 10.2 Å². The molecule has 0 saturated carbocycles. The second kappa shape index (κ2) is 5.98. The molecule has 0 unspecified atom stereocenters. The molecule has 0 atom stereocenters. The smallest absolute Gasteiger partial charge is 0.245 e. The number of hydrogen-bond acceptors (Lipinski definition) is 5. The van der Waals surface area contributed by atoms with E-state index in [0.717, 1.165) is 4.88 Å².